The molecule has 0 aliphatic heterocycles. The summed E-state index contributed by atoms with van der Waals surface area (Å²) in [6.45, 7) is 12.4. The van der Waals surface area contributed by atoms with E-state index in [4.69, 9.17) is 5.73 Å². The van der Waals surface area contributed by atoms with Crippen LogP contribution < -0.4 is 11.1 Å². The van der Waals surface area contributed by atoms with Crippen LogP contribution >= 0.6 is 0 Å². The zero-order valence-electron chi connectivity index (χ0n) is 10.9. The predicted molar refractivity (Wildman–Crippen MR) is 64.4 cm³/mol. The second kappa shape index (κ2) is 6.11. The third kappa shape index (κ3) is 4.65. The fourth-order valence-electron chi connectivity index (χ4n) is 1.67. The molecule has 0 unspecified atom stereocenters. The first kappa shape index (κ1) is 14.4. The second-order valence-corrected chi connectivity index (χ2v) is 5.29. The number of hydrogen-bond donors (Lipinski definition) is 2. The number of carbonyl (C=O) groups is 1. The average molecular weight is 214 g/mol. The molecule has 3 N–H and O–H groups in total. The van der Waals surface area contributed by atoms with Crippen molar-refractivity contribution in [3.05, 3.63) is 0 Å². The van der Waals surface area contributed by atoms with E-state index >= 15 is 0 Å². The van der Waals surface area contributed by atoms with Gasteiger partial charge < -0.3 is 11.1 Å². The molecule has 1 atom stereocenters. The van der Waals surface area contributed by atoms with Crippen molar-refractivity contribution in [2.45, 2.75) is 53.6 Å². The van der Waals surface area contributed by atoms with Crippen LogP contribution in [0.15, 0.2) is 0 Å². The molecule has 0 aliphatic carbocycles. The first-order valence-corrected chi connectivity index (χ1v) is 5.83. The SMILES string of the molecule is CC(C)C(NC(=O)[C@@H](N)C(C)C)C(C)C. The molecule has 0 saturated heterocycles. The molecule has 0 bridgehead atoms. The minimum absolute atomic E-state index is 0.0302. The Kier molecular flexibility index (Phi) is 5.88. The maximum absolute atomic E-state index is 11.8. The van der Waals surface area contributed by atoms with Gasteiger partial charge in [-0.1, -0.05) is 41.5 Å². The average Bonchev–Trinajstić information content (AvgIpc) is 2.11. The van der Waals surface area contributed by atoms with Crippen molar-refractivity contribution in [2.24, 2.45) is 23.5 Å². The van der Waals surface area contributed by atoms with Crippen molar-refractivity contribution in [1.29, 1.82) is 0 Å². The minimum Gasteiger partial charge on any atom is -0.351 e. The van der Waals surface area contributed by atoms with Gasteiger partial charge >= 0.3 is 0 Å². The van der Waals surface area contributed by atoms with Gasteiger partial charge in [-0.2, -0.15) is 0 Å². The van der Waals surface area contributed by atoms with Gasteiger partial charge in [0.15, 0.2) is 0 Å². The molecule has 0 spiro atoms. The zero-order chi connectivity index (χ0) is 12.2. The Morgan fingerprint density at radius 1 is 0.933 bits per heavy atom. The number of carbonyl (C=O) groups excluding carboxylic acids is 1. The second-order valence-electron chi connectivity index (χ2n) is 5.29. The summed E-state index contributed by atoms with van der Waals surface area (Å²) >= 11 is 0. The van der Waals surface area contributed by atoms with E-state index in [-0.39, 0.29) is 17.9 Å². The van der Waals surface area contributed by atoms with E-state index in [1.165, 1.54) is 0 Å². The maximum Gasteiger partial charge on any atom is 0.237 e. The quantitative estimate of drug-likeness (QED) is 0.733. The third-order valence-electron chi connectivity index (χ3n) is 2.77. The molecule has 0 heterocycles. The van der Waals surface area contributed by atoms with Crippen LogP contribution in [0.25, 0.3) is 0 Å². The summed E-state index contributed by atoms with van der Waals surface area (Å²) in [4.78, 5) is 11.8. The van der Waals surface area contributed by atoms with E-state index in [1.54, 1.807) is 0 Å². The van der Waals surface area contributed by atoms with Crippen LogP contribution in [0.1, 0.15) is 41.5 Å². The van der Waals surface area contributed by atoms with Gasteiger partial charge in [-0.05, 0) is 17.8 Å². The molecule has 3 heteroatoms. The van der Waals surface area contributed by atoms with Gasteiger partial charge in [-0.25, -0.2) is 0 Å². The van der Waals surface area contributed by atoms with Crippen molar-refractivity contribution >= 4 is 5.91 Å². The topological polar surface area (TPSA) is 55.1 Å². The minimum atomic E-state index is -0.398. The molecule has 15 heavy (non-hydrogen) atoms. The smallest absolute Gasteiger partial charge is 0.237 e. The van der Waals surface area contributed by atoms with Gasteiger partial charge in [-0.3, -0.25) is 4.79 Å². The Labute approximate surface area is 93.8 Å². The lowest BCUT2D eigenvalue weighted by atomic mass is 9.92. The van der Waals surface area contributed by atoms with Crippen molar-refractivity contribution in [2.75, 3.05) is 0 Å². The highest BCUT2D eigenvalue weighted by Crippen LogP contribution is 2.12. The molecular formula is C12H26N2O. The summed E-state index contributed by atoms with van der Waals surface area (Å²) in [5, 5.41) is 3.03. The van der Waals surface area contributed by atoms with Crippen molar-refractivity contribution in [3.63, 3.8) is 0 Å². The number of amides is 1. The first-order chi connectivity index (χ1) is 6.77. The third-order valence-corrected chi connectivity index (χ3v) is 2.77. The fourth-order valence-corrected chi connectivity index (χ4v) is 1.67. The number of hydrogen-bond acceptors (Lipinski definition) is 2. The summed E-state index contributed by atoms with van der Waals surface area (Å²) in [6, 6.07) is -0.188. The molecule has 0 saturated carbocycles. The van der Waals surface area contributed by atoms with Gasteiger partial charge in [-0.15, -0.1) is 0 Å². The molecular weight excluding hydrogens is 188 g/mol. The van der Waals surface area contributed by atoms with Gasteiger partial charge in [0, 0.05) is 6.04 Å². The zero-order valence-corrected chi connectivity index (χ0v) is 10.9. The molecule has 0 aromatic heterocycles. The van der Waals surface area contributed by atoms with Gasteiger partial charge in [0.05, 0.1) is 6.04 Å². The lowest BCUT2D eigenvalue weighted by Crippen LogP contribution is -2.51. The van der Waals surface area contributed by atoms with Crippen molar-refractivity contribution in [1.82, 2.24) is 5.32 Å². The Balaban J connectivity index is 4.36. The Bertz CT molecular complexity index is 192. The van der Waals surface area contributed by atoms with Crippen LogP contribution in [0.5, 0.6) is 0 Å². The highest BCUT2D eigenvalue weighted by atomic mass is 16.2. The van der Waals surface area contributed by atoms with Crippen LogP contribution in [0.2, 0.25) is 0 Å². The number of nitrogens with one attached hydrogen (secondary N) is 1. The molecule has 1 amide bonds. The Morgan fingerprint density at radius 3 is 1.60 bits per heavy atom. The molecule has 3 nitrogen and oxygen atoms in total. The van der Waals surface area contributed by atoms with E-state index < -0.39 is 6.04 Å². The summed E-state index contributed by atoms with van der Waals surface area (Å²) in [7, 11) is 0. The van der Waals surface area contributed by atoms with Crippen LogP contribution in [0.3, 0.4) is 0 Å². The van der Waals surface area contributed by atoms with Crippen molar-refractivity contribution in [3.8, 4) is 0 Å². The highest BCUT2D eigenvalue weighted by molar-refractivity contribution is 5.82. The maximum atomic E-state index is 11.8. The summed E-state index contributed by atoms with van der Waals surface area (Å²) in [6.07, 6.45) is 0. The standard InChI is InChI=1S/C12H26N2O/c1-7(2)10(13)12(15)14-11(8(3)4)9(5)6/h7-11H,13H2,1-6H3,(H,14,15)/t10-/m0/s1. The fraction of sp³-hybridized carbons (Fsp3) is 0.917. The van der Waals surface area contributed by atoms with Crippen LogP contribution in [0.4, 0.5) is 0 Å². The van der Waals surface area contributed by atoms with Crippen LogP contribution in [-0.2, 0) is 4.79 Å². The van der Waals surface area contributed by atoms with Crippen LogP contribution in [0, 0.1) is 17.8 Å². The Hall–Kier alpha value is -0.570. The predicted octanol–water partition coefficient (Wildman–Crippen LogP) is 1.77. The molecule has 0 rings (SSSR count). The van der Waals surface area contributed by atoms with Crippen LogP contribution in [-0.4, -0.2) is 18.0 Å². The lowest BCUT2D eigenvalue weighted by molar-refractivity contribution is -0.124. The normalized spacial score (nSPS) is 14.1. The van der Waals surface area contributed by atoms with E-state index in [1.807, 2.05) is 13.8 Å². The van der Waals surface area contributed by atoms with E-state index in [0.29, 0.717) is 11.8 Å². The summed E-state index contributed by atoms with van der Waals surface area (Å²) in [5.41, 5.74) is 5.80. The molecule has 0 radical (unpaired) electrons. The largest absolute Gasteiger partial charge is 0.351 e. The molecule has 0 aliphatic rings. The highest BCUT2D eigenvalue weighted by Gasteiger charge is 2.24. The number of rotatable bonds is 5. The molecule has 0 aromatic carbocycles. The van der Waals surface area contributed by atoms with E-state index in [0.717, 1.165) is 0 Å². The summed E-state index contributed by atoms with van der Waals surface area (Å²) < 4.78 is 0. The molecule has 90 valence electrons. The molecule has 0 aromatic rings. The first-order valence-electron chi connectivity index (χ1n) is 5.83. The Morgan fingerprint density at radius 2 is 1.33 bits per heavy atom. The monoisotopic (exact) mass is 214 g/mol. The molecule has 0 fully saturated rings. The van der Waals surface area contributed by atoms with Gasteiger partial charge in [0.25, 0.3) is 0 Å². The number of nitrogens with two attached hydrogens (primary N) is 1. The lowest BCUT2D eigenvalue weighted by Gasteiger charge is -2.28. The van der Waals surface area contributed by atoms with Gasteiger partial charge in [0.2, 0.25) is 5.91 Å². The summed E-state index contributed by atoms with van der Waals surface area (Å²) in [5.74, 6) is 1.03. The van der Waals surface area contributed by atoms with E-state index in [9.17, 15) is 4.79 Å². The van der Waals surface area contributed by atoms with Gasteiger partial charge in [0.1, 0.15) is 0 Å². The van der Waals surface area contributed by atoms with E-state index in [2.05, 4.69) is 33.0 Å². The van der Waals surface area contributed by atoms with Crippen molar-refractivity contribution < 1.29 is 4.79 Å².